The van der Waals surface area contributed by atoms with Gasteiger partial charge in [-0.05, 0) is 86.8 Å². The fraction of sp³-hybridized carbons (Fsp3) is 0.452. The van der Waals surface area contributed by atoms with Crippen molar-refractivity contribution in [2.45, 2.75) is 57.5 Å². The van der Waals surface area contributed by atoms with E-state index in [1.807, 2.05) is 12.1 Å². The Kier molecular flexibility index (Phi) is 11.9. The number of hydrogen-bond donors (Lipinski definition) is 4. The summed E-state index contributed by atoms with van der Waals surface area (Å²) in [6, 6.07) is 13.3. The Hall–Kier alpha value is -5.74. The maximum absolute atomic E-state index is 14.9. The SMILES string of the molecule is CC(C)(C)OC(=O)Nc1cc(C23CC(C2)C3)cnc1C(=O)NCCOCCNCC(=O)N1CCN(C(=O)c2cc(Cc3n[nH]c(=O)c4ccccc34)ccc2F)CC1. The van der Waals surface area contributed by atoms with Crippen molar-refractivity contribution in [1.82, 2.24) is 35.6 Å². The predicted octanol–water partition coefficient (Wildman–Crippen LogP) is 3.77. The van der Waals surface area contributed by atoms with Crippen molar-refractivity contribution in [2.24, 2.45) is 5.92 Å². The van der Waals surface area contributed by atoms with E-state index < -0.39 is 29.3 Å². The van der Waals surface area contributed by atoms with E-state index in [-0.39, 0.29) is 60.9 Å². The summed E-state index contributed by atoms with van der Waals surface area (Å²) in [4.78, 5) is 71.8. The fourth-order valence-corrected chi connectivity index (χ4v) is 7.83. The van der Waals surface area contributed by atoms with Crippen molar-refractivity contribution in [3.8, 4) is 0 Å². The molecule has 4 fully saturated rings. The summed E-state index contributed by atoms with van der Waals surface area (Å²) in [6.45, 7) is 7.64. The van der Waals surface area contributed by atoms with Crippen LogP contribution in [0.1, 0.15) is 77.7 Å². The highest BCUT2D eigenvalue weighted by atomic mass is 19.1. The number of rotatable bonds is 14. The number of fused-ring (bicyclic) bond motifs is 1. The van der Waals surface area contributed by atoms with Crippen molar-refractivity contribution in [2.75, 3.05) is 64.3 Å². The van der Waals surface area contributed by atoms with Crippen molar-refractivity contribution in [1.29, 1.82) is 0 Å². The molecule has 16 heteroatoms. The van der Waals surface area contributed by atoms with Gasteiger partial charge in [-0.3, -0.25) is 24.5 Å². The van der Waals surface area contributed by atoms with E-state index in [1.165, 1.54) is 12.1 Å². The first-order valence-electron chi connectivity index (χ1n) is 19.7. The van der Waals surface area contributed by atoms with E-state index >= 15 is 0 Å². The Balaban J connectivity index is 0.808. The monoisotopic (exact) mass is 796 g/mol. The normalized spacial score (nSPS) is 18.6. The van der Waals surface area contributed by atoms with E-state index in [9.17, 15) is 28.4 Å². The molecule has 0 spiro atoms. The summed E-state index contributed by atoms with van der Waals surface area (Å²) in [7, 11) is 0. The second kappa shape index (κ2) is 17.0. The number of aromatic nitrogens is 3. The van der Waals surface area contributed by atoms with Gasteiger partial charge >= 0.3 is 6.09 Å². The zero-order valence-corrected chi connectivity index (χ0v) is 33.0. The van der Waals surface area contributed by atoms with Crippen LogP contribution >= 0.6 is 0 Å². The molecule has 2 aromatic carbocycles. The number of piperazine rings is 1. The highest BCUT2D eigenvalue weighted by Gasteiger charge is 2.57. The van der Waals surface area contributed by atoms with Crippen molar-refractivity contribution in [3.63, 3.8) is 0 Å². The van der Waals surface area contributed by atoms with Crippen LogP contribution in [0.3, 0.4) is 0 Å². The molecule has 4 aromatic rings. The predicted molar refractivity (Wildman–Crippen MR) is 213 cm³/mol. The molecular formula is C42H49FN8O7. The topological polar surface area (TPSA) is 188 Å². The van der Waals surface area contributed by atoms with Gasteiger partial charge in [0.2, 0.25) is 5.91 Å². The number of ether oxygens (including phenoxy) is 2. The molecule has 3 heterocycles. The number of hydrogen-bond acceptors (Lipinski definition) is 10. The zero-order chi connectivity index (χ0) is 41.0. The lowest BCUT2D eigenvalue weighted by atomic mass is 9.42. The van der Waals surface area contributed by atoms with Gasteiger partial charge in [-0.1, -0.05) is 24.3 Å². The summed E-state index contributed by atoms with van der Waals surface area (Å²) in [6.07, 6.45) is 4.67. The number of carbonyl (C=O) groups excluding carboxylic acids is 4. The van der Waals surface area contributed by atoms with Gasteiger partial charge in [0, 0.05) is 57.3 Å². The molecule has 3 aliphatic carbocycles. The Morgan fingerprint density at radius 1 is 0.948 bits per heavy atom. The van der Waals surface area contributed by atoms with E-state index in [4.69, 9.17) is 9.47 Å². The van der Waals surface area contributed by atoms with Crippen molar-refractivity contribution in [3.05, 3.63) is 99.0 Å². The van der Waals surface area contributed by atoms with Crippen LogP contribution in [0.4, 0.5) is 14.9 Å². The minimum atomic E-state index is -0.703. The summed E-state index contributed by atoms with van der Waals surface area (Å²) in [5.74, 6) is -0.906. The number of H-pyrrole nitrogens is 1. The molecule has 4 aliphatic rings. The van der Waals surface area contributed by atoms with Crippen molar-refractivity contribution >= 4 is 40.3 Å². The maximum Gasteiger partial charge on any atom is 0.412 e. The number of amides is 4. The molecule has 4 N–H and O–H groups in total. The molecule has 8 rings (SSSR count). The molecule has 1 saturated heterocycles. The van der Waals surface area contributed by atoms with Gasteiger partial charge < -0.3 is 29.9 Å². The molecule has 0 radical (unpaired) electrons. The first kappa shape index (κ1) is 40.5. The summed E-state index contributed by atoms with van der Waals surface area (Å²) >= 11 is 0. The Morgan fingerprint density at radius 2 is 1.66 bits per heavy atom. The van der Waals surface area contributed by atoms with Gasteiger partial charge in [-0.2, -0.15) is 5.10 Å². The molecule has 0 unspecified atom stereocenters. The van der Waals surface area contributed by atoms with Gasteiger partial charge in [0.1, 0.15) is 11.4 Å². The van der Waals surface area contributed by atoms with E-state index in [0.717, 1.165) is 30.7 Å². The standard InChI is InChI=1S/C42H49FN8O7/c1-41(2,3)58-40(56)47-34-20-28(42-21-27(22-42)23-42)24-46-36(34)38(54)45-11-17-57-16-10-44-25-35(52)50-12-14-51(15-13-50)39(55)31-18-26(8-9-32(31)43)19-33-29-6-4-5-7-30(29)37(53)49-48-33/h4-9,18,20,24,27,44H,10-17,19,21-23,25H2,1-3H3,(H,45,54)(H,47,56)(H,49,53). The molecule has 1 aliphatic heterocycles. The minimum Gasteiger partial charge on any atom is -0.444 e. The molecule has 2 bridgehead atoms. The van der Waals surface area contributed by atoms with Gasteiger partial charge in [-0.25, -0.2) is 19.3 Å². The Bertz CT molecular complexity index is 2250. The third kappa shape index (κ3) is 9.18. The smallest absolute Gasteiger partial charge is 0.412 e. The van der Waals surface area contributed by atoms with Crippen LogP contribution in [0, 0.1) is 11.7 Å². The number of aromatic amines is 1. The molecule has 2 aromatic heterocycles. The van der Waals surface area contributed by atoms with E-state index in [1.54, 1.807) is 61.0 Å². The Morgan fingerprint density at radius 3 is 2.36 bits per heavy atom. The number of carbonyl (C=O) groups is 4. The zero-order valence-electron chi connectivity index (χ0n) is 33.0. The van der Waals surface area contributed by atoms with Gasteiger partial charge in [0.05, 0.1) is 42.1 Å². The third-order valence-electron chi connectivity index (χ3n) is 10.9. The molecule has 4 amide bonds. The van der Waals surface area contributed by atoms with Crippen LogP contribution in [0.2, 0.25) is 0 Å². The summed E-state index contributed by atoms with van der Waals surface area (Å²) in [5, 5.41) is 16.5. The minimum absolute atomic E-state index is 0.0577. The van der Waals surface area contributed by atoms with Crippen molar-refractivity contribution < 1.29 is 33.0 Å². The first-order valence-corrected chi connectivity index (χ1v) is 19.7. The van der Waals surface area contributed by atoms with Gasteiger partial charge in [0.25, 0.3) is 17.4 Å². The number of nitrogens with zero attached hydrogens (tertiary/aromatic N) is 4. The quantitative estimate of drug-likeness (QED) is 0.137. The average molecular weight is 797 g/mol. The molecular weight excluding hydrogens is 748 g/mol. The van der Waals surface area contributed by atoms with Crippen LogP contribution in [0.15, 0.2) is 59.5 Å². The number of halogens is 1. The fourth-order valence-electron chi connectivity index (χ4n) is 7.83. The van der Waals surface area contributed by atoms with Crippen LogP contribution < -0.4 is 21.5 Å². The Labute approximate surface area is 335 Å². The average Bonchev–Trinajstić information content (AvgIpc) is 3.15. The summed E-state index contributed by atoms with van der Waals surface area (Å²) < 4.78 is 26.0. The molecule has 3 saturated carbocycles. The van der Waals surface area contributed by atoms with Crippen LogP contribution in [0.25, 0.3) is 10.8 Å². The van der Waals surface area contributed by atoms with Gasteiger partial charge in [-0.15, -0.1) is 0 Å². The summed E-state index contributed by atoms with van der Waals surface area (Å²) in [5.41, 5.74) is 1.74. The van der Waals surface area contributed by atoms with Crippen LogP contribution in [-0.4, -0.2) is 113 Å². The van der Waals surface area contributed by atoms with Crippen LogP contribution in [-0.2, 0) is 26.1 Å². The number of pyridine rings is 1. The lowest BCUT2D eigenvalue weighted by Gasteiger charge is -2.62. The molecule has 306 valence electrons. The second-order valence-corrected chi connectivity index (χ2v) is 16.3. The maximum atomic E-state index is 14.9. The number of anilines is 1. The second-order valence-electron chi connectivity index (χ2n) is 16.3. The highest BCUT2D eigenvalue weighted by Crippen LogP contribution is 2.65. The van der Waals surface area contributed by atoms with E-state index in [2.05, 4.69) is 31.1 Å². The molecule has 58 heavy (non-hydrogen) atoms. The lowest BCUT2D eigenvalue weighted by molar-refractivity contribution is -0.131. The molecule has 15 nitrogen and oxygen atoms in total. The van der Waals surface area contributed by atoms with Crippen LogP contribution in [0.5, 0.6) is 0 Å². The molecule has 0 atom stereocenters. The lowest BCUT2D eigenvalue weighted by Crippen LogP contribution is -2.55. The first-order chi connectivity index (χ1) is 27.8. The number of benzene rings is 2. The number of nitrogens with one attached hydrogen (secondary N) is 4. The van der Waals surface area contributed by atoms with Gasteiger partial charge in [0.15, 0.2) is 5.69 Å². The third-order valence-corrected chi connectivity index (χ3v) is 10.9. The largest absolute Gasteiger partial charge is 0.444 e. The highest BCUT2D eigenvalue weighted by molar-refractivity contribution is 6.01. The van der Waals surface area contributed by atoms with E-state index in [0.29, 0.717) is 60.4 Å².